The Labute approximate surface area is 109 Å². The maximum Gasteiger partial charge on any atom is 0.303 e. The van der Waals surface area contributed by atoms with Crippen molar-refractivity contribution < 1.29 is 9.90 Å². The maximum atomic E-state index is 9.60. The van der Waals surface area contributed by atoms with Gasteiger partial charge in [0.05, 0.1) is 0 Å². The monoisotopic (exact) mass is 250 g/mol. The van der Waals surface area contributed by atoms with Gasteiger partial charge in [-0.1, -0.05) is 13.0 Å². The van der Waals surface area contributed by atoms with Gasteiger partial charge < -0.3 is 5.11 Å². The first-order valence-corrected chi connectivity index (χ1v) is 6.47. The minimum absolute atomic E-state index is 0.292. The first-order valence-electron chi connectivity index (χ1n) is 6.47. The van der Waals surface area contributed by atoms with Gasteiger partial charge in [-0.15, -0.1) is 0 Å². The van der Waals surface area contributed by atoms with E-state index in [1.165, 1.54) is 24.9 Å². The van der Waals surface area contributed by atoms with Crippen molar-refractivity contribution in [1.82, 2.24) is 9.88 Å². The lowest BCUT2D eigenvalue weighted by molar-refractivity contribution is -0.137. The smallest absolute Gasteiger partial charge is 0.303 e. The van der Waals surface area contributed by atoms with Crippen molar-refractivity contribution in [3.05, 3.63) is 30.1 Å². The molecule has 0 spiro atoms. The van der Waals surface area contributed by atoms with Gasteiger partial charge in [-0.3, -0.25) is 14.7 Å². The van der Waals surface area contributed by atoms with Gasteiger partial charge in [-0.05, 0) is 44.5 Å². The van der Waals surface area contributed by atoms with Crippen LogP contribution >= 0.6 is 0 Å². The first kappa shape index (κ1) is 14.6. The zero-order chi connectivity index (χ0) is 13.4. The van der Waals surface area contributed by atoms with E-state index in [9.17, 15) is 4.79 Å². The van der Waals surface area contributed by atoms with E-state index in [2.05, 4.69) is 23.0 Å². The summed E-state index contributed by atoms with van der Waals surface area (Å²) in [6.45, 7) is 3.06. The summed E-state index contributed by atoms with van der Waals surface area (Å²) in [5, 5.41) is 7.91. The summed E-state index contributed by atoms with van der Waals surface area (Å²) < 4.78 is 0. The molecule has 1 aliphatic rings. The first-order chi connectivity index (χ1) is 8.65. The van der Waals surface area contributed by atoms with Crippen molar-refractivity contribution in [3.8, 4) is 0 Å². The molecule has 0 aromatic carbocycles. The number of rotatable bonds is 3. The number of carbonyl (C=O) groups is 1. The van der Waals surface area contributed by atoms with E-state index >= 15 is 0 Å². The third-order valence-corrected chi connectivity index (χ3v) is 3.05. The summed E-state index contributed by atoms with van der Waals surface area (Å²) in [6.07, 6.45) is 7.43. The average molecular weight is 250 g/mol. The average Bonchev–Trinajstić information content (AvgIpc) is 2.77. The zero-order valence-electron chi connectivity index (χ0n) is 11.2. The lowest BCUT2D eigenvalue weighted by Crippen LogP contribution is -2.17. The van der Waals surface area contributed by atoms with Crippen molar-refractivity contribution in [2.24, 2.45) is 0 Å². The Kier molecular flexibility index (Phi) is 6.36. The molecule has 2 rings (SSSR count). The van der Waals surface area contributed by atoms with Gasteiger partial charge in [0.2, 0.25) is 0 Å². The molecule has 0 bridgehead atoms. The molecule has 1 saturated heterocycles. The van der Waals surface area contributed by atoms with Crippen molar-refractivity contribution in [1.29, 1.82) is 0 Å². The van der Waals surface area contributed by atoms with Gasteiger partial charge >= 0.3 is 5.97 Å². The number of carboxylic acids is 1. The summed E-state index contributed by atoms with van der Waals surface area (Å²) >= 11 is 0. The standard InChI is InChI=1S/C10H14N2.C4H8O2/c1-12-7-3-5-10(12)9-4-2-6-11-8-9;1-2-3-4(5)6/h2,4,6,8,10H,3,5,7H2,1H3;2-3H2,1H3,(H,5,6). The van der Waals surface area contributed by atoms with Gasteiger partial charge in [-0.25, -0.2) is 0 Å². The number of aromatic nitrogens is 1. The molecule has 1 atom stereocenters. The van der Waals surface area contributed by atoms with Crippen LogP contribution in [-0.4, -0.2) is 34.6 Å². The fraction of sp³-hybridized carbons (Fsp3) is 0.571. The third-order valence-electron chi connectivity index (χ3n) is 3.05. The number of hydrogen-bond donors (Lipinski definition) is 1. The maximum absolute atomic E-state index is 9.60. The number of hydrogen-bond acceptors (Lipinski definition) is 3. The second kappa shape index (κ2) is 7.82. The molecule has 18 heavy (non-hydrogen) atoms. The molecule has 4 heteroatoms. The molecule has 1 N–H and O–H groups in total. The van der Waals surface area contributed by atoms with E-state index in [0.717, 1.165) is 6.42 Å². The number of aliphatic carboxylic acids is 1. The molecule has 1 aliphatic heterocycles. The minimum atomic E-state index is -0.711. The topological polar surface area (TPSA) is 53.4 Å². The molecule has 1 fully saturated rings. The van der Waals surface area contributed by atoms with Crippen molar-refractivity contribution >= 4 is 5.97 Å². The number of nitrogens with zero attached hydrogens (tertiary/aromatic N) is 2. The molecule has 0 saturated carbocycles. The highest BCUT2D eigenvalue weighted by Crippen LogP contribution is 2.29. The summed E-state index contributed by atoms with van der Waals surface area (Å²) in [5.74, 6) is -0.711. The number of pyridine rings is 1. The Morgan fingerprint density at radius 2 is 2.39 bits per heavy atom. The highest BCUT2D eigenvalue weighted by molar-refractivity contribution is 5.66. The molecule has 1 aromatic heterocycles. The summed E-state index contributed by atoms with van der Waals surface area (Å²) in [4.78, 5) is 16.1. The molecule has 0 amide bonds. The van der Waals surface area contributed by atoms with Crippen LogP contribution in [0.2, 0.25) is 0 Å². The summed E-state index contributed by atoms with van der Waals surface area (Å²) in [6, 6.07) is 4.79. The molecule has 0 radical (unpaired) electrons. The predicted molar refractivity (Wildman–Crippen MR) is 71.4 cm³/mol. The Morgan fingerprint density at radius 1 is 1.61 bits per heavy atom. The molecule has 2 heterocycles. The third kappa shape index (κ3) is 4.84. The van der Waals surface area contributed by atoms with Crippen molar-refractivity contribution in [3.63, 3.8) is 0 Å². The molecule has 1 aromatic rings. The fourth-order valence-corrected chi connectivity index (χ4v) is 2.12. The quantitative estimate of drug-likeness (QED) is 0.896. The van der Waals surface area contributed by atoms with Crippen LogP contribution in [0, 0.1) is 0 Å². The minimum Gasteiger partial charge on any atom is -0.481 e. The normalized spacial score (nSPS) is 19.1. The molecule has 100 valence electrons. The second-order valence-corrected chi connectivity index (χ2v) is 4.57. The number of likely N-dealkylation sites (tertiary alicyclic amines) is 1. The van der Waals surface area contributed by atoms with Crippen molar-refractivity contribution in [2.45, 2.75) is 38.6 Å². The SMILES string of the molecule is CCCC(=O)O.CN1CCCC1c1cccnc1. The van der Waals surface area contributed by atoms with Crippen LogP contribution in [-0.2, 0) is 4.79 Å². The van der Waals surface area contributed by atoms with Crippen LogP contribution in [0.3, 0.4) is 0 Å². The van der Waals surface area contributed by atoms with E-state index < -0.39 is 5.97 Å². The van der Waals surface area contributed by atoms with Gasteiger partial charge in [0.1, 0.15) is 0 Å². The molecule has 0 aliphatic carbocycles. The van der Waals surface area contributed by atoms with E-state index in [0.29, 0.717) is 12.5 Å². The number of carboxylic acid groups (broad SMARTS) is 1. The molecule has 4 nitrogen and oxygen atoms in total. The van der Waals surface area contributed by atoms with Crippen LogP contribution < -0.4 is 0 Å². The Hall–Kier alpha value is -1.42. The predicted octanol–water partition coefficient (Wildman–Crippen LogP) is 2.72. The Morgan fingerprint density at radius 3 is 2.78 bits per heavy atom. The lowest BCUT2D eigenvalue weighted by Gasteiger charge is -2.18. The molecular formula is C14H22N2O2. The van der Waals surface area contributed by atoms with Gasteiger partial charge in [0, 0.05) is 24.9 Å². The summed E-state index contributed by atoms with van der Waals surface area (Å²) in [5.41, 5.74) is 1.36. The second-order valence-electron chi connectivity index (χ2n) is 4.57. The van der Waals surface area contributed by atoms with E-state index in [-0.39, 0.29) is 0 Å². The lowest BCUT2D eigenvalue weighted by atomic mass is 10.1. The fourth-order valence-electron chi connectivity index (χ4n) is 2.12. The van der Waals surface area contributed by atoms with E-state index in [1.807, 2.05) is 25.4 Å². The van der Waals surface area contributed by atoms with Crippen molar-refractivity contribution in [2.75, 3.05) is 13.6 Å². The Balaban J connectivity index is 0.000000232. The van der Waals surface area contributed by atoms with Gasteiger partial charge in [0.25, 0.3) is 0 Å². The van der Waals surface area contributed by atoms with Crippen LogP contribution in [0.25, 0.3) is 0 Å². The highest BCUT2D eigenvalue weighted by Gasteiger charge is 2.21. The molecule has 1 unspecified atom stereocenters. The van der Waals surface area contributed by atoms with Crippen LogP contribution in [0.5, 0.6) is 0 Å². The Bertz CT molecular complexity index is 354. The summed E-state index contributed by atoms with van der Waals surface area (Å²) in [7, 11) is 2.19. The van der Waals surface area contributed by atoms with E-state index in [1.54, 1.807) is 0 Å². The van der Waals surface area contributed by atoms with Crippen LogP contribution in [0.15, 0.2) is 24.5 Å². The highest BCUT2D eigenvalue weighted by atomic mass is 16.4. The van der Waals surface area contributed by atoms with Crippen LogP contribution in [0.1, 0.15) is 44.2 Å². The van der Waals surface area contributed by atoms with E-state index in [4.69, 9.17) is 5.11 Å². The van der Waals surface area contributed by atoms with Crippen LogP contribution in [0.4, 0.5) is 0 Å². The largest absolute Gasteiger partial charge is 0.481 e. The van der Waals surface area contributed by atoms with Gasteiger partial charge in [0.15, 0.2) is 0 Å². The molecular weight excluding hydrogens is 228 g/mol. The van der Waals surface area contributed by atoms with Gasteiger partial charge in [-0.2, -0.15) is 0 Å². The zero-order valence-corrected chi connectivity index (χ0v) is 11.2.